The number of nitrogens with zero attached hydrogens (tertiary/aromatic N) is 2. The van der Waals surface area contributed by atoms with E-state index in [4.69, 9.17) is 19.0 Å². The molecule has 0 saturated carbocycles. The zero-order valence-corrected chi connectivity index (χ0v) is 16.5. The number of carbonyl (C=O) groups excluding carboxylic acids is 2. The van der Waals surface area contributed by atoms with Crippen LogP contribution in [0.3, 0.4) is 0 Å². The number of rotatable bonds is 6. The maximum Gasteiger partial charge on any atom is 0.347 e. The molecule has 8 heteroatoms. The summed E-state index contributed by atoms with van der Waals surface area (Å²) in [7, 11) is 0. The third-order valence-corrected chi connectivity index (χ3v) is 4.75. The second kappa shape index (κ2) is 8.95. The molecule has 2 unspecified atom stereocenters. The van der Waals surface area contributed by atoms with Crippen LogP contribution in [0.4, 0.5) is 0 Å². The number of benzene rings is 1. The van der Waals surface area contributed by atoms with Crippen molar-refractivity contribution in [3.8, 4) is 11.5 Å². The van der Waals surface area contributed by atoms with E-state index in [-0.39, 0.29) is 25.9 Å². The molecular weight excluding hydrogens is 364 g/mol. The molecule has 2 aliphatic heterocycles. The molecule has 1 aromatic carbocycles. The van der Waals surface area contributed by atoms with Gasteiger partial charge in [0.25, 0.3) is 5.91 Å². The SMILES string of the molecule is C/C(=N\OCC(=O)OCC(=O)N1CC(C)CC(C)C1)c1ccc2c(c1)OCO2. The molecule has 0 bridgehead atoms. The minimum Gasteiger partial charge on any atom is -0.454 e. The van der Waals surface area contributed by atoms with E-state index in [2.05, 4.69) is 19.0 Å². The van der Waals surface area contributed by atoms with Crippen LogP contribution in [0.15, 0.2) is 23.4 Å². The minimum absolute atomic E-state index is 0.174. The lowest BCUT2D eigenvalue weighted by molar-refractivity contribution is -0.156. The lowest BCUT2D eigenvalue weighted by Crippen LogP contribution is -2.44. The molecule has 0 aromatic heterocycles. The predicted octanol–water partition coefficient (Wildman–Crippen LogP) is 2.20. The monoisotopic (exact) mass is 390 g/mol. The van der Waals surface area contributed by atoms with E-state index in [9.17, 15) is 9.59 Å². The van der Waals surface area contributed by atoms with Gasteiger partial charge in [-0.2, -0.15) is 0 Å². The van der Waals surface area contributed by atoms with Crippen LogP contribution < -0.4 is 9.47 Å². The lowest BCUT2D eigenvalue weighted by Gasteiger charge is -2.34. The van der Waals surface area contributed by atoms with E-state index in [1.165, 1.54) is 0 Å². The first-order chi connectivity index (χ1) is 13.4. The van der Waals surface area contributed by atoms with E-state index >= 15 is 0 Å². The summed E-state index contributed by atoms with van der Waals surface area (Å²) < 4.78 is 15.6. The van der Waals surface area contributed by atoms with Crippen molar-refractivity contribution in [1.29, 1.82) is 0 Å². The largest absolute Gasteiger partial charge is 0.454 e. The van der Waals surface area contributed by atoms with Crippen LogP contribution in [0.25, 0.3) is 0 Å². The first-order valence-electron chi connectivity index (χ1n) is 9.42. The number of likely N-dealkylation sites (tertiary alicyclic amines) is 1. The molecule has 3 rings (SSSR count). The predicted molar refractivity (Wildman–Crippen MR) is 101 cm³/mol. The minimum atomic E-state index is -0.631. The number of carbonyl (C=O) groups is 2. The summed E-state index contributed by atoms with van der Waals surface area (Å²) in [5, 5.41) is 3.92. The Morgan fingerprint density at radius 2 is 1.86 bits per heavy atom. The average molecular weight is 390 g/mol. The highest BCUT2D eigenvalue weighted by Crippen LogP contribution is 2.32. The van der Waals surface area contributed by atoms with Crippen LogP contribution in [0.1, 0.15) is 32.8 Å². The summed E-state index contributed by atoms with van der Waals surface area (Å²) in [4.78, 5) is 30.8. The highest BCUT2D eigenvalue weighted by Gasteiger charge is 2.26. The van der Waals surface area contributed by atoms with Gasteiger partial charge in [-0.1, -0.05) is 19.0 Å². The van der Waals surface area contributed by atoms with Crippen LogP contribution in [0.2, 0.25) is 0 Å². The van der Waals surface area contributed by atoms with Gasteiger partial charge in [0, 0.05) is 18.7 Å². The topological polar surface area (TPSA) is 86.7 Å². The fraction of sp³-hybridized carbons (Fsp3) is 0.550. The number of esters is 1. The van der Waals surface area contributed by atoms with Crippen LogP contribution >= 0.6 is 0 Å². The Labute approximate surface area is 164 Å². The van der Waals surface area contributed by atoms with Crippen LogP contribution in [0.5, 0.6) is 11.5 Å². The molecule has 1 fully saturated rings. The smallest absolute Gasteiger partial charge is 0.347 e. The molecule has 1 aromatic rings. The van der Waals surface area contributed by atoms with Crippen molar-refractivity contribution >= 4 is 17.6 Å². The van der Waals surface area contributed by atoms with Gasteiger partial charge in [-0.25, -0.2) is 4.79 Å². The normalized spacial score (nSPS) is 21.4. The van der Waals surface area contributed by atoms with Crippen molar-refractivity contribution in [1.82, 2.24) is 4.90 Å². The summed E-state index contributed by atoms with van der Waals surface area (Å²) in [5.41, 5.74) is 1.37. The van der Waals surface area contributed by atoms with Gasteiger partial charge >= 0.3 is 5.97 Å². The zero-order chi connectivity index (χ0) is 20.1. The number of hydrogen-bond acceptors (Lipinski definition) is 7. The summed E-state index contributed by atoms with van der Waals surface area (Å²) >= 11 is 0. The Hall–Kier alpha value is -2.77. The van der Waals surface area contributed by atoms with Crippen molar-refractivity contribution in [3.05, 3.63) is 23.8 Å². The third-order valence-electron chi connectivity index (χ3n) is 4.75. The molecule has 2 aliphatic rings. The lowest BCUT2D eigenvalue weighted by atomic mass is 9.92. The van der Waals surface area contributed by atoms with Crippen LogP contribution in [-0.2, 0) is 19.2 Å². The summed E-state index contributed by atoms with van der Waals surface area (Å²) in [5.74, 6) is 1.44. The molecule has 28 heavy (non-hydrogen) atoms. The number of piperidine rings is 1. The van der Waals surface area contributed by atoms with Gasteiger partial charge in [0.1, 0.15) is 0 Å². The van der Waals surface area contributed by atoms with Gasteiger partial charge in [-0.3, -0.25) is 4.79 Å². The van der Waals surface area contributed by atoms with Crippen LogP contribution in [-0.4, -0.2) is 55.6 Å². The summed E-state index contributed by atoms with van der Waals surface area (Å²) in [6.07, 6.45) is 1.11. The summed E-state index contributed by atoms with van der Waals surface area (Å²) in [6.45, 7) is 6.98. The average Bonchev–Trinajstić information content (AvgIpc) is 3.13. The Morgan fingerprint density at radius 3 is 2.61 bits per heavy atom. The quantitative estimate of drug-likeness (QED) is 0.420. The van der Waals surface area contributed by atoms with E-state index < -0.39 is 5.97 Å². The van der Waals surface area contributed by atoms with E-state index in [1.807, 2.05) is 6.07 Å². The van der Waals surface area contributed by atoms with Gasteiger partial charge in [-0.15, -0.1) is 0 Å². The standard InChI is InChI=1S/C20H26N2O6/c1-13-6-14(2)9-22(8-13)19(23)10-25-20(24)11-28-21-15(3)16-4-5-17-18(7-16)27-12-26-17/h4-5,7,13-14H,6,8-12H2,1-3H3/b21-15+. The molecule has 2 atom stereocenters. The Bertz CT molecular complexity index is 753. The Kier molecular flexibility index (Phi) is 6.38. The zero-order valence-electron chi connectivity index (χ0n) is 16.5. The van der Waals surface area contributed by atoms with Gasteiger partial charge in [0.05, 0.1) is 5.71 Å². The number of hydrogen-bond donors (Lipinski definition) is 0. The maximum atomic E-state index is 12.2. The van der Waals surface area contributed by atoms with Gasteiger partial charge < -0.3 is 23.9 Å². The van der Waals surface area contributed by atoms with Crippen molar-refractivity contribution in [2.45, 2.75) is 27.2 Å². The second-order valence-electron chi connectivity index (χ2n) is 7.42. The van der Waals surface area contributed by atoms with Crippen molar-refractivity contribution < 1.29 is 28.6 Å². The maximum absolute atomic E-state index is 12.2. The first kappa shape index (κ1) is 20.0. The number of amides is 1. The van der Waals surface area contributed by atoms with Crippen LogP contribution in [0, 0.1) is 11.8 Å². The molecular formula is C20H26N2O6. The van der Waals surface area contributed by atoms with Crippen molar-refractivity contribution in [2.75, 3.05) is 33.1 Å². The third kappa shape index (κ3) is 5.15. The van der Waals surface area contributed by atoms with Gasteiger partial charge in [0.2, 0.25) is 13.4 Å². The second-order valence-corrected chi connectivity index (χ2v) is 7.42. The van der Waals surface area contributed by atoms with Crippen molar-refractivity contribution in [2.24, 2.45) is 17.0 Å². The molecule has 0 radical (unpaired) electrons. The molecule has 1 saturated heterocycles. The number of oxime groups is 1. The molecule has 8 nitrogen and oxygen atoms in total. The Morgan fingerprint density at radius 1 is 1.14 bits per heavy atom. The fourth-order valence-electron chi connectivity index (χ4n) is 3.50. The molecule has 1 amide bonds. The molecule has 0 N–H and O–H groups in total. The first-order valence-corrected chi connectivity index (χ1v) is 9.42. The van der Waals surface area contributed by atoms with E-state index in [1.54, 1.807) is 24.0 Å². The summed E-state index contributed by atoms with van der Waals surface area (Å²) in [6, 6.07) is 5.41. The Balaban J connectivity index is 1.41. The van der Waals surface area contributed by atoms with E-state index in [0.717, 1.165) is 12.0 Å². The number of fused-ring (bicyclic) bond motifs is 1. The number of ether oxygens (including phenoxy) is 3. The molecule has 152 valence electrons. The van der Waals surface area contributed by atoms with Gasteiger partial charge in [-0.05, 0) is 43.4 Å². The van der Waals surface area contributed by atoms with E-state index in [0.29, 0.717) is 42.1 Å². The molecule has 2 heterocycles. The highest BCUT2D eigenvalue weighted by molar-refractivity contribution is 5.99. The fourth-order valence-corrected chi connectivity index (χ4v) is 3.50. The molecule has 0 spiro atoms. The molecule has 0 aliphatic carbocycles. The van der Waals surface area contributed by atoms with Crippen molar-refractivity contribution in [3.63, 3.8) is 0 Å². The van der Waals surface area contributed by atoms with Gasteiger partial charge in [0.15, 0.2) is 18.1 Å². The highest BCUT2D eigenvalue weighted by atomic mass is 16.7.